The standard InChI is InChI=1S/C76H47N/c1-4-14-61-52(11-1)29-31-59-43-54(33-37-64(59)61)48-21-25-50(26-22-48)56-35-40-75-72(45-56)73-46-57(51-27-23-49(24-28-51)55-34-38-65-60(44-55)32-30-53-12-2-5-15-62(53)65)36-41-76(73)77(75)74-42-39-69(67-18-9-10-20-70(67)74)71-47-58-13-3-6-16-63(58)66-17-7-8-19-68(66)71/h1-47H. The molecule has 0 amide bonds. The van der Waals surface area contributed by atoms with Crippen LogP contribution in [0, 0.1) is 0 Å². The van der Waals surface area contributed by atoms with Gasteiger partial charge in [0.25, 0.3) is 0 Å². The van der Waals surface area contributed by atoms with Gasteiger partial charge in [0.2, 0.25) is 0 Å². The molecule has 0 aliphatic carbocycles. The van der Waals surface area contributed by atoms with Crippen molar-refractivity contribution in [3.05, 3.63) is 285 Å². The van der Waals surface area contributed by atoms with Crippen LogP contribution in [0.3, 0.4) is 0 Å². The van der Waals surface area contributed by atoms with E-state index < -0.39 is 0 Å². The molecule has 0 fully saturated rings. The van der Waals surface area contributed by atoms with Crippen LogP contribution in [0.1, 0.15) is 0 Å². The molecule has 16 rings (SSSR count). The van der Waals surface area contributed by atoms with Gasteiger partial charge in [-0.3, -0.25) is 0 Å². The zero-order valence-electron chi connectivity index (χ0n) is 42.1. The number of hydrogen-bond donors (Lipinski definition) is 0. The van der Waals surface area contributed by atoms with Gasteiger partial charge in [-0.05, 0) is 174 Å². The highest BCUT2D eigenvalue weighted by atomic mass is 15.0. The van der Waals surface area contributed by atoms with Crippen LogP contribution in [0.2, 0.25) is 0 Å². The largest absolute Gasteiger partial charge is 0.309 e. The molecule has 0 aliphatic rings. The van der Waals surface area contributed by atoms with Crippen LogP contribution in [0.5, 0.6) is 0 Å². The van der Waals surface area contributed by atoms with Crippen LogP contribution in [-0.4, -0.2) is 4.57 Å². The van der Waals surface area contributed by atoms with Crippen LogP contribution < -0.4 is 0 Å². The lowest BCUT2D eigenvalue weighted by Crippen LogP contribution is -1.97. The van der Waals surface area contributed by atoms with Crippen molar-refractivity contribution in [3.8, 4) is 61.3 Å². The summed E-state index contributed by atoms with van der Waals surface area (Å²) in [6.45, 7) is 0. The number of nitrogens with zero attached hydrogens (tertiary/aromatic N) is 1. The molecular weight excluding hydrogens is 927 g/mol. The van der Waals surface area contributed by atoms with Crippen molar-refractivity contribution in [2.24, 2.45) is 0 Å². The van der Waals surface area contributed by atoms with Gasteiger partial charge in [0.1, 0.15) is 0 Å². The molecule has 0 N–H and O–H groups in total. The number of rotatable bonds is 6. The lowest BCUT2D eigenvalue weighted by Gasteiger charge is -2.17. The third kappa shape index (κ3) is 7.02. The van der Waals surface area contributed by atoms with Crippen LogP contribution in [0.15, 0.2) is 285 Å². The molecule has 1 nitrogen and oxygen atoms in total. The maximum Gasteiger partial charge on any atom is 0.0541 e. The Kier molecular flexibility index (Phi) is 9.71. The van der Waals surface area contributed by atoms with Crippen molar-refractivity contribution in [2.75, 3.05) is 0 Å². The van der Waals surface area contributed by atoms with E-state index in [1.807, 2.05) is 0 Å². The lowest BCUT2D eigenvalue weighted by molar-refractivity contribution is 1.20. The number of aromatic nitrogens is 1. The van der Waals surface area contributed by atoms with Gasteiger partial charge in [0.15, 0.2) is 0 Å². The van der Waals surface area contributed by atoms with Crippen LogP contribution in [-0.2, 0) is 0 Å². The Balaban J connectivity index is 0.829. The average Bonchev–Trinajstić information content (AvgIpc) is 3.88. The fourth-order valence-corrected chi connectivity index (χ4v) is 12.7. The quantitative estimate of drug-likeness (QED) is 0.146. The average molecular weight is 974 g/mol. The summed E-state index contributed by atoms with van der Waals surface area (Å²) >= 11 is 0. The minimum atomic E-state index is 1.16. The van der Waals surface area contributed by atoms with E-state index in [9.17, 15) is 0 Å². The minimum absolute atomic E-state index is 1.16. The lowest BCUT2D eigenvalue weighted by atomic mass is 9.90. The molecule has 0 atom stereocenters. The summed E-state index contributed by atoms with van der Waals surface area (Å²) < 4.78 is 2.50. The van der Waals surface area contributed by atoms with E-state index in [1.165, 1.54) is 153 Å². The summed E-state index contributed by atoms with van der Waals surface area (Å²) in [5.74, 6) is 0. The fourth-order valence-electron chi connectivity index (χ4n) is 12.7. The second kappa shape index (κ2) is 17.2. The van der Waals surface area contributed by atoms with Crippen molar-refractivity contribution >= 4 is 97.2 Å². The molecule has 0 saturated carbocycles. The van der Waals surface area contributed by atoms with Crippen LogP contribution >= 0.6 is 0 Å². The second-order valence-corrected chi connectivity index (χ2v) is 20.8. The van der Waals surface area contributed by atoms with Gasteiger partial charge in [-0.2, -0.15) is 0 Å². The molecule has 1 heteroatoms. The van der Waals surface area contributed by atoms with E-state index in [2.05, 4.69) is 290 Å². The molecule has 0 radical (unpaired) electrons. The zero-order valence-corrected chi connectivity index (χ0v) is 42.1. The topological polar surface area (TPSA) is 4.93 Å². The minimum Gasteiger partial charge on any atom is -0.309 e. The summed E-state index contributed by atoms with van der Waals surface area (Å²) in [5, 5.41) is 20.2. The summed E-state index contributed by atoms with van der Waals surface area (Å²) in [5.41, 5.74) is 15.6. The monoisotopic (exact) mass is 973 g/mol. The third-order valence-corrected chi connectivity index (χ3v) is 16.6. The number of fused-ring (bicyclic) bond motifs is 13. The molecule has 0 spiro atoms. The van der Waals surface area contributed by atoms with E-state index in [-0.39, 0.29) is 0 Å². The molecule has 77 heavy (non-hydrogen) atoms. The maximum atomic E-state index is 2.50. The molecule has 0 unspecified atom stereocenters. The Hall–Kier alpha value is -10.1. The van der Waals surface area contributed by atoms with Crippen molar-refractivity contribution in [3.63, 3.8) is 0 Å². The summed E-state index contributed by atoms with van der Waals surface area (Å²) in [6.07, 6.45) is 0. The van der Waals surface area contributed by atoms with Crippen LogP contribution in [0.4, 0.5) is 0 Å². The molecule has 0 aliphatic heterocycles. The Morgan fingerprint density at radius 1 is 0.169 bits per heavy atom. The van der Waals surface area contributed by atoms with Gasteiger partial charge in [-0.25, -0.2) is 0 Å². The first kappa shape index (κ1) is 43.3. The normalized spacial score (nSPS) is 11.9. The van der Waals surface area contributed by atoms with Gasteiger partial charge < -0.3 is 4.57 Å². The van der Waals surface area contributed by atoms with Gasteiger partial charge >= 0.3 is 0 Å². The van der Waals surface area contributed by atoms with Crippen molar-refractivity contribution < 1.29 is 0 Å². The Morgan fingerprint density at radius 2 is 0.506 bits per heavy atom. The van der Waals surface area contributed by atoms with Gasteiger partial charge in [0, 0.05) is 16.2 Å². The molecule has 1 aromatic heterocycles. The number of benzene rings is 15. The predicted octanol–water partition coefficient (Wildman–Crippen LogP) is 21.2. The van der Waals surface area contributed by atoms with Crippen molar-refractivity contribution in [1.82, 2.24) is 4.57 Å². The Labute approximate surface area is 445 Å². The molecule has 356 valence electrons. The number of hydrogen-bond acceptors (Lipinski definition) is 0. The van der Waals surface area contributed by atoms with E-state index >= 15 is 0 Å². The molecular formula is C76H47N. The zero-order chi connectivity index (χ0) is 50.6. The second-order valence-electron chi connectivity index (χ2n) is 20.8. The van der Waals surface area contributed by atoms with E-state index in [0.717, 1.165) is 5.69 Å². The maximum absolute atomic E-state index is 2.50. The predicted molar refractivity (Wildman–Crippen MR) is 331 cm³/mol. The highest BCUT2D eigenvalue weighted by Crippen LogP contribution is 2.44. The first-order chi connectivity index (χ1) is 38.1. The van der Waals surface area contributed by atoms with Crippen LogP contribution in [0.25, 0.3) is 159 Å². The van der Waals surface area contributed by atoms with E-state index in [1.54, 1.807) is 0 Å². The smallest absolute Gasteiger partial charge is 0.0541 e. The van der Waals surface area contributed by atoms with Gasteiger partial charge in [-0.1, -0.05) is 237 Å². The highest BCUT2D eigenvalue weighted by Gasteiger charge is 2.19. The highest BCUT2D eigenvalue weighted by molar-refractivity contribution is 6.18. The summed E-state index contributed by atoms with van der Waals surface area (Å²) in [7, 11) is 0. The Bertz CT molecular complexity index is 4860. The van der Waals surface area contributed by atoms with Crippen molar-refractivity contribution in [2.45, 2.75) is 0 Å². The molecule has 0 bridgehead atoms. The van der Waals surface area contributed by atoms with Gasteiger partial charge in [-0.15, -0.1) is 0 Å². The SMILES string of the molecule is c1ccc2c(c1)ccc1cc(-c3ccc(-c4ccc5c(c4)c4cc(-c6ccc(-c7ccc8c(ccc9ccccc98)c7)cc6)ccc4n5-c4ccc(-c5cc6ccccc6c6ccccc56)c5ccccc45)cc3)ccc12. The van der Waals surface area contributed by atoms with E-state index in [0.29, 0.717) is 0 Å². The van der Waals surface area contributed by atoms with E-state index in [4.69, 9.17) is 0 Å². The summed E-state index contributed by atoms with van der Waals surface area (Å²) in [4.78, 5) is 0. The summed E-state index contributed by atoms with van der Waals surface area (Å²) in [6, 6.07) is 106. The molecule has 1 heterocycles. The van der Waals surface area contributed by atoms with Gasteiger partial charge in [0.05, 0.1) is 16.7 Å². The third-order valence-electron chi connectivity index (χ3n) is 16.6. The fraction of sp³-hybridized carbons (Fsp3) is 0. The van der Waals surface area contributed by atoms with Crippen molar-refractivity contribution in [1.29, 1.82) is 0 Å². The molecule has 15 aromatic carbocycles. The first-order valence-electron chi connectivity index (χ1n) is 26.7. The molecule has 16 aromatic rings. The molecule has 0 saturated heterocycles. The first-order valence-corrected chi connectivity index (χ1v) is 26.7. The Morgan fingerprint density at radius 3 is 1.01 bits per heavy atom.